The van der Waals surface area contributed by atoms with Gasteiger partial charge in [-0.2, -0.15) is 4.98 Å². The average molecular weight is 353 g/mol. The van der Waals surface area contributed by atoms with Crippen LogP contribution in [0.15, 0.2) is 33.6 Å². The maximum Gasteiger partial charge on any atom is 0.290 e. The molecular formula is C18H19N5O3. The number of carbonyl (C=O) groups is 1. The number of rotatable bonds is 3. The van der Waals surface area contributed by atoms with Gasteiger partial charge < -0.3 is 14.4 Å². The monoisotopic (exact) mass is 353 g/mol. The maximum absolute atomic E-state index is 13.0. The van der Waals surface area contributed by atoms with Crippen molar-refractivity contribution in [3.05, 3.63) is 52.2 Å². The quantitative estimate of drug-likeness (QED) is 0.775. The third kappa shape index (κ3) is 2.77. The number of amides is 1. The van der Waals surface area contributed by atoms with Crippen molar-refractivity contribution in [1.82, 2.24) is 25.0 Å². The first kappa shape index (κ1) is 16.4. The maximum atomic E-state index is 13.0. The van der Waals surface area contributed by atoms with Gasteiger partial charge in [0.1, 0.15) is 6.04 Å². The number of nitrogens with one attached hydrogen (secondary N) is 1. The van der Waals surface area contributed by atoms with Crippen LogP contribution in [-0.4, -0.2) is 37.5 Å². The van der Waals surface area contributed by atoms with Crippen LogP contribution >= 0.6 is 0 Å². The Bertz CT molecular complexity index is 1020. The van der Waals surface area contributed by atoms with Crippen molar-refractivity contribution in [3.63, 3.8) is 0 Å². The molecule has 3 heterocycles. The highest BCUT2D eigenvalue weighted by Gasteiger charge is 2.35. The summed E-state index contributed by atoms with van der Waals surface area (Å²) in [6.07, 6.45) is 1.57. The van der Waals surface area contributed by atoms with E-state index < -0.39 is 0 Å². The molecule has 4 rings (SSSR count). The second kappa shape index (κ2) is 6.36. The molecular weight excluding hydrogens is 334 g/mol. The molecule has 0 unspecified atom stereocenters. The van der Waals surface area contributed by atoms with E-state index in [0.717, 1.165) is 12.8 Å². The minimum atomic E-state index is -0.334. The normalized spacial score (nSPS) is 17.3. The van der Waals surface area contributed by atoms with E-state index in [1.807, 2.05) is 13.8 Å². The Morgan fingerprint density at radius 2 is 2.12 bits per heavy atom. The number of H-pyrrole nitrogens is 1. The number of hydrogen-bond acceptors (Lipinski definition) is 6. The lowest BCUT2D eigenvalue weighted by molar-refractivity contribution is 0.0697. The summed E-state index contributed by atoms with van der Waals surface area (Å²) in [4.78, 5) is 38.2. The molecule has 3 aromatic rings. The molecule has 8 nitrogen and oxygen atoms in total. The number of aromatic nitrogens is 4. The van der Waals surface area contributed by atoms with Gasteiger partial charge in [-0.3, -0.25) is 9.59 Å². The molecule has 0 radical (unpaired) electrons. The highest BCUT2D eigenvalue weighted by atomic mass is 16.5. The number of para-hydroxylation sites is 1. The molecule has 0 spiro atoms. The van der Waals surface area contributed by atoms with Crippen LogP contribution in [-0.2, 0) is 0 Å². The first-order valence-corrected chi connectivity index (χ1v) is 8.68. The van der Waals surface area contributed by atoms with Gasteiger partial charge in [0.05, 0.1) is 10.9 Å². The van der Waals surface area contributed by atoms with E-state index in [1.165, 1.54) is 0 Å². The number of likely N-dealkylation sites (tertiary alicyclic amines) is 1. The number of fused-ring (bicyclic) bond motifs is 1. The number of nitrogens with zero attached hydrogens (tertiary/aromatic N) is 4. The summed E-state index contributed by atoms with van der Waals surface area (Å²) >= 11 is 0. The summed E-state index contributed by atoms with van der Waals surface area (Å²) in [7, 11) is 0. The SMILES string of the molecule is CC(C)c1noc([C@@H]2CCCN2C(=O)c2nc3ccccc3c(=O)[nH]2)n1. The van der Waals surface area contributed by atoms with E-state index >= 15 is 0 Å². The summed E-state index contributed by atoms with van der Waals surface area (Å²) in [5.41, 5.74) is 0.171. The molecule has 2 aromatic heterocycles. The molecule has 1 aliphatic rings. The van der Waals surface area contributed by atoms with Gasteiger partial charge in [0.25, 0.3) is 11.5 Å². The van der Waals surface area contributed by atoms with Gasteiger partial charge >= 0.3 is 0 Å². The summed E-state index contributed by atoms with van der Waals surface area (Å²) in [6.45, 7) is 4.52. The third-order valence-electron chi connectivity index (χ3n) is 4.59. The topological polar surface area (TPSA) is 105 Å². The fourth-order valence-corrected chi connectivity index (χ4v) is 3.21. The van der Waals surface area contributed by atoms with Crippen molar-refractivity contribution >= 4 is 16.8 Å². The molecule has 0 aliphatic carbocycles. The lowest BCUT2D eigenvalue weighted by Gasteiger charge is -2.21. The largest absolute Gasteiger partial charge is 0.337 e. The Hall–Kier alpha value is -3.03. The number of benzene rings is 1. The molecule has 26 heavy (non-hydrogen) atoms. The first-order valence-electron chi connectivity index (χ1n) is 8.68. The molecule has 1 fully saturated rings. The van der Waals surface area contributed by atoms with Gasteiger partial charge in [0.2, 0.25) is 5.89 Å². The van der Waals surface area contributed by atoms with E-state index in [9.17, 15) is 9.59 Å². The Kier molecular flexibility index (Phi) is 4.02. The second-order valence-corrected chi connectivity index (χ2v) is 6.73. The molecule has 0 saturated carbocycles. The van der Waals surface area contributed by atoms with Crippen LogP contribution < -0.4 is 5.56 Å². The van der Waals surface area contributed by atoms with Crippen molar-refractivity contribution in [3.8, 4) is 0 Å². The Morgan fingerprint density at radius 3 is 2.88 bits per heavy atom. The predicted octanol–water partition coefficient (Wildman–Crippen LogP) is 2.41. The van der Waals surface area contributed by atoms with Gasteiger partial charge in [-0.1, -0.05) is 31.1 Å². The molecule has 1 saturated heterocycles. The second-order valence-electron chi connectivity index (χ2n) is 6.73. The number of carbonyl (C=O) groups excluding carboxylic acids is 1. The molecule has 134 valence electrons. The highest BCUT2D eigenvalue weighted by Crippen LogP contribution is 2.32. The zero-order valence-corrected chi connectivity index (χ0v) is 14.6. The van der Waals surface area contributed by atoms with Crippen LogP contribution in [0.1, 0.15) is 61.0 Å². The lowest BCUT2D eigenvalue weighted by atomic mass is 10.2. The smallest absolute Gasteiger partial charge is 0.290 e. The van der Waals surface area contributed by atoms with Crippen molar-refractivity contribution in [2.75, 3.05) is 6.54 Å². The van der Waals surface area contributed by atoms with E-state index in [2.05, 4.69) is 20.1 Å². The molecule has 0 bridgehead atoms. The number of hydrogen-bond donors (Lipinski definition) is 1. The highest BCUT2D eigenvalue weighted by molar-refractivity contribution is 5.93. The summed E-state index contributed by atoms with van der Waals surface area (Å²) in [5, 5.41) is 4.44. The van der Waals surface area contributed by atoms with Crippen LogP contribution in [0.4, 0.5) is 0 Å². The van der Waals surface area contributed by atoms with Crippen LogP contribution in [0, 0.1) is 0 Å². The molecule has 8 heteroatoms. The average Bonchev–Trinajstić information content (AvgIpc) is 3.30. The van der Waals surface area contributed by atoms with Crippen molar-refractivity contribution in [2.24, 2.45) is 0 Å². The molecule has 1 atom stereocenters. The van der Waals surface area contributed by atoms with E-state index in [4.69, 9.17) is 4.52 Å². The number of aromatic amines is 1. The van der Waals surface area contributed by atoms with E-state index in [-0.39, 0.29) is 29.3 Å². The Morgan fingerprint density at radius 1 is 1.31 bits per heavy atom. The summed E-state index contributed by atoms with van der Waals surface area (Å²) in [5.74, 6) is 0.902. The molecule has 1 aliphatic heterocycles. The zero-order valence-electron chi connectivity index (χ0n) is 14.6. The van der Waals surface area contributed by atoms with Crippen LogP contribution in [0.3, 0.4) is 0 Å². The lowest BCUT2D eigenvalue weighted by Crippen LogP contribution is -2.33. The van der Waals surface area contributed by atoms with Crippen molar-refractivity contribution in [2.45, 2.75) is 38.6 Å². The molecule has 1 aromatic carbocycles. The zero-order chi connectivity index (χ0) is 18.3. The van der Waals surface area contributed by atoms with Crippen molar-refractivity contribution in [1.29, 1.82) is 0 Å². The minimum absolute atomic E-state index is 0.0317. The van der Waals surface area contributed by atoms with Gasteiger partial charge in [0.15, 0.2) is 11.6 Å². The van der Waals surface area contributed by atoms with Crippen molar-refractivity contribution < 1.29 is 9.32 Å². The third-order valence-corrected chi connectivity index (χ3v) is 4.59. The van der Waals surface area contributed by atoms with Gasteiger partial charge in [-0.05, 0) is 25.0 Å². The fourth-order valence-electron chi connectivity index (χ4n) is 3.21. The standard InChI is InChI=1S/C18H19N5O3/c1-10(2)14-21-17(26-22-14)13-8-5-9-23(13)18(25)15-19-12-7-4-3-6-11(12)16(24)20-15/h3-4,6-7,10,13H,5,8-9H2,1-2H3,(H,19,20,24)/t13-/m0/s1. The first-order chi connectivity index (χ1) is 12.5. The van der Waals surface area contributed by atoms with E-state index in [0.29, 0.717) is 29.2 Å². The minimum Gasteiger partial charge on any atom is -0.337 e. The van der Waals surface area contributed by atoms with Crippen LogP contribution in [0.25, 0.3) is 10.9 Å². The Balaban J connectivity index is 1.67. The summed E-state index contributed by atoms with van der Waals surface area (Å²) in [6, 6.07) is 6.65. The fraction of sp³-hybridized carbons (Fsp3) is 0.389. The van der Waals surface area contributed by atoms with Crippen LogP contribution in [0.5, 0.6) is 0 Å². The molecule has 1 amide bonds. The van der Waals surface area contributed by atoms with Gasteiger partial charge in [-0.15, -0.1) is 0 Å². The van der Waals surface area contributed by atoms with Crippen LogP contribution in [0.2, 0.25) is 0 Å². The summed E-state index contributed by atoms with van der Waals surface area (Å²) < 4.78 is 5.37. The van der Waals surface area contributed by atoms with Gasteiger partial charge in [0, 0.05) is 12.5 Å². The predicted molar refractivity (Wildman–Crippen MR) is 93.8 cm³/mol. The van der Waals surface area contributed by atoms with E-state index in [1.54, 1.807) is 29.2 Å². The molecule has 1 N–H and O–H groups in total. The van der Waals surface area contributed by atoms with Gasteiger partial charge in [-0.25, -0.2) is 4.98 Å². The Labute approximate surface area is 149 Å².